The number of hydrogen-bond acceptors (Lipinski definition) is 4. The van der Waals surface area contributed by atoms with E-state index in [2.05, 4.69) is 10.2 Å². The van der Waals surface area contributed by atoms with Crippen molar-refractivity contribution in [2.75, 3.05) is 32.0 Å². The number of morpholine rings is 1. The molecular formula is C16H23N3O2. The molecule has 2 heterocycles. The number of nitrogens with zero attached hydrogens (tertiary/aromatic N) is 1. The monoisotopic (exact) mass is 289 g/mol. The van der Waals surface area contributed by atoms with Crippen LogP contribution in [0.25, 0.3) is 0 Å². The van der Waals surface area contributed by atoms with Gasteiger partial charge in [-0.05, 0) is 38.4 Å². The lowest BCUT2D eigenvalue weighted by atomic mass is 10.1. The van der Waals surface area contributed by atoms with Gasteiger partial charge in [0.05, 0.1) is 18.3 Å². The van der Waals surface area contributed by atoms with Crippen molar-refractivity contribution < 1.29 is 9.53 Å². The standard InChI is InChI=1S/C16H23N3O2/c1-11-4-5-15(17)14(7-11)16(20)18-8-13-9-19-6-2-3-12(19)10-21-13/h4-5,7,12-13H,2-3,6,8-10,17H2,1H3,(H,18,20). The van der Waals surface area contributed by atoms with Crippen LogP contribution in [0.1, 0.15) is 28.8 Å². The molecule has 21 heavy (non-hydrogen) atoms. The maximum absolute atomic E-state index is 12.2. The van der Waals surface area contributed by atoms with E-state index in [0.717, 1.165) is 25.3 Å². The van der Waals surface area contributed by atoms with Gasteiger partial charge in [0.1, 0.15) is 0 Å². The Morgan fingerprint density at radius 1 is 1.52 bits per heavy atom. The maximum atomic E-state index is 12.2. The van der Waals surface area contributed by atoms with Crippen LogP contribution in [0.3, 0.4) is 0 Å². The highest BCUT2D eigenvalue weighted by Crippen LogP contribution is 2.22. The summed E-state index contributed by atoms with van der Waals surface area (Å²) in [6.45, 7) is 5.34. The Morgan fingerprint density at radius 2 is 2.38 bits per heavy atom. The second kappa shape index (κ2) is 6.03. The molecule has 2 aliphatic heterocycles. The zero-order valence-electron chi connectivity index (χ0n) is 12.5. The van der Waals surface area contributed by atoms with Gasteiger partial charge >= 0.3 is 0 Å². The normalized spacial score (nSPS) is 25.6. The number of ether oxygens (including phenoxy) is 1. The van der Waals surface area contributed by atoms with Crippen molar-refractivity contribution in [3.8, 4) is 0 Å². The first-order valence-electron chi connectivity index (χ1n) is 7.63. The Balaban J connectivity index is 1.55. The molecule has 1 amide bonds. The van der Waals surface area contributed by atoms with Crippen molar-refractivity contribution >= 4 is 11.6 Å². The number of aryl methyl sites for hydroxylation is 1. The van der Waals surface area contributed by atoms with Gasteiger partial charge in [-0.25, -0.2) is 0 Å². The van der Waals surface area contributed by atoms with Crippen molar-refractivity contribution in [3.05, 3.63) is 29.3 Å². The first-order chi connectivity index (χ1) is 10.1. The summed E-state index contributed by atoms with van der Waals surface area (Å²) < 4.78 is 5.84. The molecule has 2 fully saturated rings. The molecule has 5 heteroatoms. The highest BCUT2D eigenvalue weighted by Gasteiger charge is 2.32. The van der Waals surface area contributed by atoms with Crippen molar-refractivity contribution in [2.24, 2.45) is 0 Å². The van der Waals surface area contributed by atoms with Crippen molar-refractivity contribution in [2.45, 2.75) is 31.9 Å². The van der Waals surface area contributed by atoms with Crippen molar-refractivity contribution in [3.63, 3.8) is 0 Å². The van der Waals surface area contributed by atoms with Crippen LogP contribution in [0, 0.1) is 6.92 Å². The van der Waals surface area contributed by atoms with Crippen LogP contribution in [0.15, 0.2) is 18.2 Å². The van der Waals surface area contributed by atoms with E-state index in [9.17, 15) is 4.79 Å². The number of carbonyl (C=O) groups is 1. The first kappa shape index (κ1) is 14.4. The minimum atomic E-state index is -0.122. The van der Waals surface area contributed by atoms with E-state index >= 15 is 0 Å². The lowest BCUT2D eigenvalue weighted by Gasteiger charge is -2.35. The molecule has 0 spiro atoms. The molecule has 2 saturated heterocycles. The average Bonchev–Trinajstić information content (AvgIpc) is 2.94. The van der Waals surface area contributed by atoms with E-state index < -0.39 is 0 Å². The van der Waals surface area contributed by atoms with Crippen LogP contribution in [0.2, 0.25) is 0 Å². The summed E-state index contributed by atoms with van der Waals surface area (Å²) in [5, 5.41) is 2.95. The lowest BCUT2D eigenvalue weighted by Crippen LogP contribution is -2.50. The molecule has 3 N–H and O–H groups in total. The molecule has 0 aromatic heterocycles. The molecular weight excluding hydrogens is 266 g/mol. The van der Waals surface area contributed by atoms with Gasteiger partial charge in [0.25, 0.3) is 5.91 Å². The lowest BCUT2D eigenvalue weighted by molar-refractivity contribution is -0.0461. The summed E-state index contributed by atoms with van der Waals surface area (Å²) >= 11 is 0. The molecule has 0 saturated carbocycles. The number of benzene rings is 1. The fourth-order valence-electron chi connectivity index (χ4n) is 3.18. The van der Waals surface area contributed by atoms with Crippen LogP contribution in [0.4, 0.5) is 5.69 Å². The number of nitrogens with two attached hydrogens (primary N) is 1. The Morgan fingerprint density at radius 3 is 3.24 bits per heavy atom. The predicted molar refractivity (Wildman–Crippen MR) is 82.3 cm³/mol. The van der Waals surface area contributed by atoms with Crippen LogP contribution in [-0.4, -0.2) is 49.2 Å². The summed E-state index contributed by atoms with van der Waals surface area (Å²) in [7, 11) is 0. The average molecular weight is 289 g/mol. The third-order valence-corrected chi connectivity index (χ3v) is 4.41. The molecule has 1 aromatic rings. The molecule has 1 aromatic carbocycles. The number of nitrogen functional groups attached to an aromatic ring is 1. The van der Waals surface area contributed by atoms with Crippen LogP contribution >= 0.6 is 0 Å². The number of anilines is 1. The van der Waals surface area contributed by atoms with Crippen LogP contribution in [-0.2, 0) is 4.74 Å². The summed E-state index contributed by atoms with van der Waals surface area (Å²) in [5.41, 5.74) is 7.96. The Kier molecular flexibility index (Phi) is 4.12. The number of hydrogen-bond donors (Lipinski definition) is 2. The molecule has 0 bridgehead atoms. The second-order valence-corrected chi connectivity index (χ2v) is 6.05. The van der Waals surface area contributed by atoms with Gasteiger partial charge in [0.2, 0.25) is 0 Å². The summed E-state index contributed by atoms with van der Waals surface area (Å²) in [5.74, 6) is -0.122. The number of rotatable bonds is 3. The number of nitrogens with one attached hydrogen (secondary N) is 1. The molecule has 0 aliphatic carbocycles. The summed E-state index contributed by atoms with van der Waals surface area (Å²) in [4.78, 5) is 14.7. The highest BCUT2D eigenvalue weighted by atomic mass is 16.5. The van der Waals surface area contributed by atoms with Gasteiger partial charge in [-0.3, -0.25) is 9.69 Å². The smallest absolute Gasteiger partial charge is 0.253 e. The molecule has 5 nitrogen and oxygen atoms in total. The predicted octanol–water partition coefficient (Wildman–Crippen LogP) is 1.17. The fraction of sp³-hybridized carbons (Fsp3) is 0.562. The highest BCUT2D eigenvalue weighted by molar-refractivity contribution is 5.99. The van der Waals surface area contributed by atoms with E-state index in [-0.39, 0.29) is 12.0 Å². The van der Waals surface area contributed by atoms with Gasteiger partial charge in [-0.15, -0.1) is 0 Å². The first-order valence-corrected chi connectivity index (χ1v) is 7.63. The zero-order valence-corrected chi connectivity index (χ0v) is 12.5. The Labute approximate surface area is 125 Å². The van der Waals surface area contributed by atoms with E-state index in [1.807, 2.05) is 19.1 Å². The minimum Gasteiger partial charge on any atom is -0.398 e. The second-order valence-electron chi connectivity index (χ2n) is 6.05. The van der Waals surface area contributed by atoms with E-state index in [0.29, 0.717) is 23.8 Å². The third-order valence-electron chi connectivity index (χ3n) is 4.41. The number of carbonyl (C=O) groups excluding carboxylic acids is 1. The maximum Gasteiger partial charge on any atom is 0.253 e. The molecule has 2 unspecified atom stereocenters. The van der Waals surface area contributed by atoms with Crippen LogP contribution < -0.4 is 11.1 Å². The summed E-state index contributed by atoms with van der Waals surface area (Å²) in [6.07, 6.45) is 2.57. The van der Waals surface area contributed by atoms with Gasteiger partial charge < -0.3 is 15.8 Å². The van der Waals surface area contributed by atoms with Crippen molar-refractivity contribution in [1.82, 2.24) is 10.2 Å². The fourth-order valence-corrected chi connectivity index (χ4v) is 3.18. The van der Waals surface area contributed by atoms with Gasteiger partial charge in [0.15, 0.2) is 0 Å². The SMILES string of the molecule is Cc1ccc(N)c(C(=O)NCC2CN3CCCC3CO2)c1. The Hall–Kier alpha value is -1.59. The number of fused-ring (bicyclic) bond motifs is 1. The van der Waals surface area contributed by atoms with Gasteiger partial charge in [-0.1, -0.05) is 11.6 Å². The van der Waals surface area contributed by atoms with Gasteiger partial charge in [0, 0.05) is 24.8 Å². The quantitative estimate of drug-likeness (QED) is 0.820. The summed E-state index contributed by atoms with van der Waals surface area (Å²) in [6, 6.07) is 6.09. The molecule has 2 aliphatic rings. The van der Waals surface area contributed by atoms with E-state index in [4.69, 9.17) is 10.5 Å². The zero-order chi connectivity index (χ0) is 14.8. The topological polar surface area (TPSA) is 67.6 Å². The third kappa shape index (κ3) is 3.19. The van der Waals surface area contributed by atoms with Gasteiger partial charge in [-0.2, -0.15) is 0 Å². The minimum absolute atomic E-state index is 0.0781. The Bertz CT molecular complexity index is 532. The largest absolute Gasteiger partial charge is 0.398 e. The molecule has 114 valence electrons. The van der Waals surface area contributed by atoms with E-state index in [1.54, 1.807) is 6.07 Å². The molecule has 3 rings (SSSR count). The molecule has 2 atom stereocenters. The molecule has 0 radical (unpaired) electrons. The van der Waals surface area contributed by atoms with Crippen LogP contribution in [0.5, 0.6) is 0 Å². The van der Waals surface area contributed by atoms with E-state index in [1.165, 1.54) is 12.8 Å². The number of amides is 1. The van der Waals surface area contributed by atoms with Crippen molar-refractivity contribution in [1.29, 1.82) is 0 Å².